The molecule has 0 saturated carbocycles. The summed E-state index contributed by atoms with van der Waals surface area (Å²) < 4.78 is 25.3. The van der Waals surface area contributed by atoms with Crippen LogP contribution < -0.4 is 10.1 Å². The monoisotopic (exact) mass is 538 g/mol. The van der Waals surface area contributed by atoms with Crippen LogP contribution in [0.1, 0.15) is 10.4 Å². The van der Waals surface area contributed by atoms with Crippen LogP contribution >= 0.6 is 23.1 Å². The van der Waals surface area contributed by atoms with Crippen molar-refractivity contribution in [3.05, 3.63) is 77.9 Å². The quantitative estimate of drug-likeness (QED) is 0.161. The summed E-state index contributed by atoms with van der Waals surface area (Å²) in [6.07, 6.45) is 1.69. The molecule has 2 heterocycles. The molecule has 0 aliphatic heterocycles. The topological polar surface area (TPSA) is 95.3 Å². The zero-order valence-corrected chi connectivity index (χ0v) is 21.7. The Morgan fingerprint density at radius 3 is 2.46 bits per heavy atom. The number of thiophene rings is 1. The van der Waals surface area contributed by atoms with Gasteiger partial charge in [0.2, 0.25) is 5.91 Å². The van der Waals surface area contributed by atoms with Gasteiger partial charge in [0.1, 0.15) is 22.1 Å². The number of hydrogen-bond donors (Lipinski definition) is 1. The average Bonchev–Trinajstić information content (AvgIpc) is 3.52. The maximum absolute atomic E-state index is 13.3. The molecule has 4 rings (SSSR count). The third-order valence-electron chi connectivity index (χ3n) is 5.30. The molecule has 8 nitrogen and oxygen atoms in total. The van der Waals surface area contributed by atoms with Gasteiger partial charge in [0.15, 0.2) is 11.0 Å². The molecule has 0 aliphatic carbocycles. The van der Waals surface area contributed by atoms with Crippen molar-refractivity contribution in [3.8, 4) is 28.3 Å². The molecule has 4 aromatic rings. The standard InChI is InChI=1S/C26H23FN4O4S2/c1-4-13-31-23(17-5-9-18(27)10-6-17)29-30-26(31)37-15-21(32)28-24-22(25(33)35-3)20(14-36-24)16-7-11-19(34-2)12-8-16/h4-12,14H,1,13,15H2,2-3H3,(H,28,32). The number of nitrogens with one attached hydrogen (secondary N) is 1. The van der Waals surface area contributed by atoms with Crippen LogP contribution in [0.15, 0.2) is 71.7 Å². The van der Waals surface area contributed by atoms with Gasteiger partial charge in [0.05, 0.1) is 20.0 Å². The second-order valence-electron chi connectivity index (χ2n) is 7.62. The number of hydrogen-bond acceptors (Lipinski definition) is 8. The highest BCUT2D eigenvalue weighted by molar-refractivity contribution is 7.99. The Bertz CT molecular complexity index is 1420. The molecule has 0 saturated heterocycles. The Morgan fingerprint density at radius 2 is 1.81 bits per heavy atom. The lowest BCUT2D eigenvalue weighted by molar-refractivity contribution is -0.113. The number of allylic oxidation sites excluding steroid dienone is 1. The number of esters is 1. The number of methoxy groups -OCH3 is 2. The lowest BCUT2D eigenvalue weighted by Gasteiger charge is -2.09. The number of benzene rings is 2. The van der Waals surface area contributed by atoms with Gasteiger partial charge in [-0.1, -0.05) is 30.0 Å². The molecular formula is C26H23FN4O4S2. The molecular weight excluding hydrogens is 515 g/mol. The summed E-state index contributed by atoms with van der Waals surface area (Å²) in [5, 5.41) is 13.9. The molecule has 0 bridgehead atoms. The van der Waals surface area contributed by atoms with Gasteiger partial charge in [-0.2, -0.15) is 0 Å². The number of anilines is 1. The first-order valence-electron chi connectivity index (χ1n) is 11.0. The van der Waals surface area contributed by atoms with Crippen LogP contribution in [-0.4, -0.2) is 46.6 Å². The van der Waals surface area contributed by atoms with E-state index >= 15 is 0 Å². The van der Waals surface area contributed by atoms with Crippen molar-refractivity contribution in [2.75, 3.05) is 25.3 Å². The van der Waals surface area contributed by atoms with Gasteiger partial charge >= 0.3 is 5.97 Å². The third kappa shape index (κ3) is 5.89. The minimum atomic E-state index is -0.551. The number of halogens is 1. The fourth-order valence-electron chi connectivity index (χ4n) is 3.53. The first-order valence-corrected chi connectivity index (χ1v) is 12.9. The van der Waals surface area contributed by atoms with Crippen molar-refractivity contribution in [1.29, 1.82) is 0 Å². The highest BCUT2D eigenvalue weighted by Crippen LogP contribution is 2.37. The van der Waals surface area contributed by atoms with Gasteiger partial charge in [0, 0.05) is 23.1 Å². The van der Waals surface area contributed by atoms with Crippen LogP contribution in [0.2, 0.25) is 0 Å². The van der Waals surface area contributed by atoms with Crippen LogP contribution in [-0.2, 0) is 16.1 Å². The van der Waals surface area contributed by atoms with Crippen molar-refractivity contribution in [2.45, 2.75) is 11.7 Å². The summed E-state index contributed by atoms with van der Waals surface area (Å²) >= 11 is 2.43. The minimum absolute atomic E-state index is 0.0229. The number of rotatable bonds is 10. The summed E-state index contributed by atoms with van der Waals surface area (Å²) in [5.41, 5.74) is 2.42. The van der Waals surface area contributed by atoms with Crippen LogP contribution in [0.4, 0.5) is 9.39 Å². The normalized spacial score (nSPS) is 10.7. The fourth-order valence-corrected chi connectivity index (χ4v) is 5.25. The molecule has 0 unspecified atom stereocenters. The largest absolute Gasteiger partial charge is 0.497 e. The summed E-state index contributed by atoms with van der Waals surface area (Å²) in [6, 6.07) is 13.2. The van der Waals surface area contributed by atoms with E-state index < -0.39 is 5.97 Å². The first kappa shape index (κ1) is 26.1. The molecule has 0 spiro atoms. The molecule has 0 fully saturated rings. The molecule has 0 radical (unpaired) electrons. The summed E-state index contributed by atoms with van der Waals surface area (Å²) in [6.45, 7) is 4.18. The van der Waals surface area contributed by atoms with Gasteiger partial charge in [-0.15, -0.1) is 28.1 Å². The van der Waals surface area contributed by atoms with E-state index in [-0.39, 0.29) is 23.0 Å². The summed E-state index contributed by atoms with van der Waals surface area (Å²) in [4.78, 5) is 25.4. The lowest BCUT2D eigenvalue weighted by atomic mass is 10.0. The van der Waals surface area contributed by atoms with E-state index in [1.165, 1.54) is 42.3 Å². The van der Waals surface area contributed by atoms with E-state index in [9.17, 15) is 14.0 Å². The van der Waals surface area contributed by atoms with Crippen LogP contribution in [0.25, 0.3) is 22.5 Å². The average molecular weight is 539 g/mol. The highest BCUT2D eigenvalue weighted by atomic mass is 32.2. The Labute approximate surface area is 221 Å². The van der Waals surface area contributed by atoms with Gasteiger partial charge < -0.3 is 14.8 Å². The predicted octanol–water partition coefficient (Wildman–Crippen LogP) is 5.52. The number of carbonyl (C=O) groups is 2. The number of aromatic nitrogens is 3. The zero-order chi connectivity index (χ0) is 26.4. The van der Waals surface area contributed by atoms with E-state index in [1.807, 2.05) is 12.1 Å². The van der Waals surface area contributed by atoms with Crippen molar-refractivity contribution in [3.63, 3.8) is 0 Å². The molecule has 2 aromatic carbocycles. The number of ether oxygens (including phenoxy) is 2. The number of amides is 1. The molecule has 1 N–H and O–H groups in total. The van der Waals surface area contributed by atoms with E-state index in [0.29, 0.717) is 39.4 Å². The smallest absolute Gasteiger partial charge is 0.341 e. The zero-order valence-electron chi connectivity index (χ0n) is 20.1. The van der Waals surface area contributed by atoms with Crippen LogP contribution in [0, 0.1) is 5.82 Å². The maximum atomic E-state index is 13.3. The summed E-state index contributed by atoms with van der Waals surface area (Å²) in [5.74, 6) is 0.0308. The van der Waals surface area contributed by atoms with Crippen molar-refractivity contribution in [1.82, 2.24) is 14.8 Å². The molecule has 1 amide bonds. The third-order valence-corrected chi connectivity index (χ3v) is 7.16. The van der Waals surface area contributed by atoms with Crippen molar-refractivity contribution >= 4 is 40.0 Å². The van der Waals surface area contributed by atoms with Gasteiger partial charge in [-0.25, -0.2) is 9.18 Å². The number of nitrogens with zero attached hydrogens (tertiary/aromatic N) is 3. The van der Waals surface area contributed by atoms with Gasteiger partial charge in [-0.3, -0.25) is 9.36 Å². The predicted molar refractivity (Wildman–Crippen MR) is 143 cm³/mol. The number of carbonyl (C=O) groups excluding carboxylic acids is 2. The molecule has 37 heavy (non-hydrogen) atoms. The van der Waals surface area contributed by atoms with Crippen molar-refractivity contribution < 1.29 is 23.5 Å². The van der Waals surface area contributed by atoms with E-state index in [1.54, 1.807) is 47.4 Å². The molecule has 11 heteroatoms. The molecule has 0 atom stereocenters. The van der Waals surface area contributed by atoms with Crippen LogP contribution in [0.5, 0.6) is 5.75 Å². The molecule has 190 valence electrons. The van der Waals surface area contributed by atoms with E-state index in [4.69, 9.17) is 9.47 Å². The van der Waals surface area contributed by atoms with E-state index in [0.717, 1.165) is 5.56 Å². The van der Waals surface area contributed by atoms with Crippen LogP contribution in [0.3, 0.4) is 0 Å². The summed E-state index contributed by atoms with van der Waals surface area (Å²) in [7, 11) is 2.87. The van der Waals surface area contributed by atoms with Gasteiger partial charge in [0.25, 0.3) is 0 Å². The number of thioether (sulfide) groups is 1. The second kappa shape index (κ2) is 11.8. The molecule has 0 aliphatic rings. The fraction of sp³-hybridized carbons (Fsp3) is 0.154. The SMILES string of the molecule is C=CCn1c(SCC(=O)Nc2scc(-c3ccc(OC)cc3)c2C(=O)OC)nnc1-c1ccc(F)cc1. The Hall–Kier alpha value is -3.96. The lowest BCUT2D eigenvalue weighted by Crippen LogP contribution is -2.16. The van der Waals surface area contributed by atoms with Gasteiger partial charge in [-0.05, 0) is 42.0 Å². The molecule has 2 aromatic heterocycles. The highest BCUT2D eigenvalue weighted by Gasteiger charge is 2.23. The van der Waals surface area contributed by atoms with E-state index in [2.05, 4.69) is 22.1 Å². The Kier molecular flexibility index (Phi) is 8.36. The van der Waals surface area contributed by atoms with Crippen molar-refractivity contribution in [2.24, 2.45) is 0 Å². The minimum Gasteiger partial charge on any atom is -0.497 e. The Balaban J connectivity index is 1.51. The first-order chi connectivity index (χ1) is 17.9. The Morgan fingerprint density at radius 1 is 1.11 bits per heavy atom. The maximum Gasteiger partial charge on any atom is 0.341 e. The second-order valence-corrected chi connectivity index (χ2v) is 9.44.